The van der Waals surface area contributed by atoms with Crippen LogP contribution >= 0.6 is 23.2 Å². The Hall–Kier alpha value is -1.17. The average Bonchev–Trinajstić information content (AvgIpc) is 2.47. The van der Waals surface area contributed by atoms with E-state index in [9.17, 15) is 18.0 Å². The zero-order valence-corrected chi connectivity index (χ0v) is 14.5. The fourth-order valence-electron chi connectivity index (χ4n) is 3.04. The predicted molar refractivity (Wildman–Crippen MR) is 87.9 cm³/mol. The number of carbonyl (C=O) groups excluding carboxylic acids is 2. The summed E-state index contributed by atoms with van der Waals surface area (Å²) in [5.41, 5.74) is 0.591. The number of sulfone groups is 1. The largest absolute Gasteiger partial charge is 0.294 e. The number of fused-ring (bicyclic) bond motifs is 1. The van der Waals surface area contributed by atoms with Gasteiger partial charge >= 0.3 is 0 Å². The number of rotatable bonds is 2. The Balaban J connectivity index is 2.12. The molecule has 1 aromatic carbocycles. The molecule has 0 radical (unpaired) electrons. The van der Waals surface area contributed by atoms with Crippen molar-refractivity contribution in [2.75, 3.05) is 5.75 Å². The molecule has 23 heavy (non-hydrogen) atoms. The molecule has 0 fully saturated rings. The average molecular weight is 373 g/mol. The summed E-state index contributed by atoms with van der Waals surface area (Å²) in [5.74, 6) is -0.720. The number of benzene rings is 1. The molecule has 0 atom stereocenters. The fraction of sp³-hybridized carbons (Fsp3) is 0.375. The van der Waals surface area contributed by atoms with Crippen LogP contribution in [0.15, 0.2) is 27.6 Å². The van der Waals surface area contributed by atoms with Gasteiger partial charge in [0.25, 0.3) is 0 Å². The molecule has 2 aliphatic rings. The number of halogens is 2. The van der Waals surface area contributed by atoms with E-state index >= 15 is 0 Å². The van der Waals surface area contributed by atoms with Crippen LogP contribution in [-0.2, 0) is 21.1 Å². The molecule has 4 nitrogen and oxygen atoms in total. The molecule has 7 heteroatoms. The van der Waals surface area contributed by atoms with Crippen molar-refractivity contribution in [2.24, 2.45) is 0 Å². The van der Waals surface area contributed by atoms with Crippen molar-refractivity contribution in [2.45, 2.75) is 37.0 Å². The van der Waals surface area contributed by atoms with Gasteiger partial charge in [-0.3, -0.25) is 9.59 Å². The van der Waals surface area contributed by atoms with Gasteiger partial charge in [0, 0.05) is 17.0 Å². The van der Waals surface area contributed by atoms with E-state index in [0.717, 1.165) is 0 Å². The number of hydrogen-bond donors (Lipinski definition) is 0. The van der Waals surface area contributed by atoms with Crippen LogP contribution in [0.4, 0.5) is 0 Å². The number of allylic oxidation sites excluding steroid dienone is 2. The quantitative estimate of drug-likeness (QED) is 0.588. The van der Waals surface area contributed by atoms with E-state index in [2.05, 4.69) is 0 Å². The van der Waals surface area contributed by atoms with Crippen LogP contribution < -0.4 is 0 Å². The van der Waals surface area contributed by atoms with E-state index in [1.54, 1.807) is 0 Å². The molecule has 0 spiro atoms. The first-order chi connectivity index (χ1) is 10.8. The Morgan fingerprint density at radius 3 is 2.48 bits per heavy atom. The van der Waals surface area contributed by atoms with Crippen LogP contribution in [0.5, 0.6) is 0 Å². The van der Waals surface area contributed by atoms with Gasteiger partial charge in [0.2, 0.25) is 0 Å². The molecule has 122 valence electrons. The van der Waals surface area contributed by atoms with Crippen molar-refractivity contribution in [3.05, 3.63) is 38.9 Å². The Morgan fingerprint density at radius 1 is 1.04 bits per heavy atom. The third-order valence-electron chi connectivity index (χ3n) is 4.20. The first-order valence-corrected chi connectivity index (χ1v) is 9.74. The molecule has 1 aromatic rings. The van der Waals surface area contributed by atoms with Gasteiger partial charge in [-0.05, 0) is 43.4 Å². The lowest BCUT2D eigenvalue weighted by molar-refractivity contribution is -0.115. The van der Waals surface area contributed by atoms with E-state index in [-0.39, 0.29) is 44.0 Å². The molecular formula is C16H14Cl2O4S. The summed E-state index contributed by atoms with van der Waals surface area (Å²) < 4.78 is 24.2. The summed E-state index contributed by atoms with van der Waals surface area (Å²) in [4.78, 5) is 24.9. The number of Topliss-reactive ketones (excluding diaryl/α,β-unsaturated/α-hetero) is 2. The Labute approximate surface area is 144 Å². The third kappa shape index (κ3) is 2.86. The summed E-state index contributed by atoms with van der Waals surface area (Å²) >= 11 is 12.4. The summed E-state index contributed by atoms with van der Waals surface area (Å²) in [6.07, 6.45) is 2.37. The molecule has 0 aromatic heterocycles. The molecule has 0 bridgehead atoms. The second kappa shape index (κ2) is 6.04. The van der Waals surface area contributed by atoms with E-state index < -0.39 is 15.6 Å². The van der Waals surface area contributed by atoms with Crippen LogP contribution in [0, 0.1) is 0 Å². The molecule has 1 aliphatic heterocycles. The van der Waals surface area contributed by atoms with Gasteiger partial charge in [0.05, 0.1) is 21.2 Å². The minimum atomic E-state index is -3.35. The Bertz CT molecular complexity index is 853. The second-order valence-electron chi connectivity index (χ2n) is 5.71. The van der Waals surface area contributed by atoms with E-state index in [0.29, 0.717) is 31.2 Å². The van der Waals surface area contributed by atoms with Crippen LogP contribution in [0.25, 0.3) is 0 Å². The molecule has 1 heterocycles. The number of ketones is 2. The van der Waals surface area contributed by atoms with Gasteiger partial charge in [0.15, 0.2) is 21.4 Å². The van der Waals surface area contributed by atoms with Crippen molar-refractivity contribution >= 4 is 44.6 Å². The topological polar surface area (TPSA) is 68.3 Å². The molecule has 0 unspecified atom stereocenters. The maximum Gasteiger partial charge on any atom is 0.199 e. The Morgan fingerprint density at radius 2 is 1.78 bits per heavy atom. The number of carbonyl (C=O) groups is 2. The summed E-state index contributed by atoms with van der Waals surface area (Å²) in [7, 11) is -3.35. The van der Waals surface area contributed by atoms with E-state index in [1.807, 2.05) is 0 Å². The summed E-state index contributed by atoms with van der Waals surface area (Å²) in [6.45, 7) is 0. The zero-order valence-electron chi connectivity index (χ0n) is 12.2. The molecule has 0 N–H and O–H groups in total. The first kappa shape index (κ1) is 16.7. The van der Waals surface area contributed by atoms with Crippen molar-refractivity contribution in [1.29, 1.82) is 0 Å². The molecule has 0 saturated heterocycles. The Kier molecular flexibility index (Phi) is 4.38. The normalized spacial score (nSPS) is 20.3. The standard InChI is InChI=1S/C16H14Cl2O4S/c17-11-4-1-5-12(19)14(11)16(20)10-6-7-13-9(15(10)18)3-2-8-23(13,21)22/h6-7H,1-5,8H2. The minimum absolute atomic E-state index is 0.0153. The van der Waals surface area contributed by atoms with Crippen molar-refractivity contribution in [3.8, 4) is 0 Å². The van der Waals surface area contributed by atoms with Crippen LogP contribution in [-0.4, -0.2) is 25.7 Å². The SMILES string of the molecule is O=C1CCCC(Cl)=C1C(=O)c1ccc2c(c1Cl)CCCS2(=O)=O. The summed E-state index contributed by atoms with van der Waals surface area (Å²) in [5, 5.41) is 0.374. The maximum absolute atomic E-state index is 12.7. The fourth-order valence-corrected chi connectivity index (χ4v) is 5.37. The van der Waals surface area contributed by atoms with Gasteiger partial charge < -0.3 is 0 Å². The van der Waals surface area contributed by atoms with Gasteiger partial charge in [0.1, 0.15) is 0 Å². The molecule has 0 saturated carbocycles. The summed E-state index contributed by atoms with van der Waals surface area (Å²) in [6, 6.07) is 2.79. The lowest BCUT2D eigenvalue weighted by Gasteiger charge is -2.20. The smallest absolute Gasteiger partial charge is 0.199 e. The van der Waals surface area contributed by atoms with Gasteiger partial charge in [-0.15, -0.1) is 0 Å². The van der Waals surface area contributed by atoms with Crippen LogP contribution in [0.3, 0.4) is 0 Å². The minimum Gasteiger partial charge on any atom is -0.294 e. The second-order valence-corrected chi connectivity index (χ2v) is 8.62. The molecule has 0 amide bonds. The first-order valence-electron chi connectivity index (χ1n) is 7.33. The monoisotopic (exact) mass is 372 g/mol. The van der Waals surface area contributed by atoms with Crippen LogP contribution in [0.2, 0.25) is 5.02 Å². The van der Waals surface area contributed by atoms with Gasteiger partial charge in [-0.25, -0.2) is 8.42 Å². The highest BCUT2D eigenvalue weighted by Crippen LogP contribution is 2.36. The molecule has 3 rings (SSSR count). The highest BCUT2D eigenvalue weighted by atomic mass is 35.5. The predicted octanol–water partition coefficient (Wildman–Crippen LogP) is 3.49. The van der Waals surface area contributed by atoms with Crippen molar-refractivity contribution in [3.63, 3.8) is 0 Å². The zero-order chi connectivity index (χ0) is 16.8. The van der Waals surface area contributed by atoms with Crippen molar-refractivity contribution < 1.29 is 18.0 Å². The highest BCUT2D eigenvalue weighted by molar-refractivity contribution is 7.91. The van der Waals surface area contributed by atoms with E-state index in [1.165, 1.54) is 12.1 Å². The van der Waals surface area contributed by atoms with Crippen molar-refractivity contribution in [1.82, 2.24) is 0 Å². The molecular weight excluding hydrogens is 359 g/mol. The van der Waals surface area contributed by atoms with Crippen LogP contribution in [0.1, 0.15) is 41.6 Å². The highest BCUT2D eigenvalue weighted by Gasteiger charge is 2.31. The van der Waals surface area contributed by atoms with Gasteiger partial charge in [-0.2, -0.15) is 0 Å². The van der Waals surface area contributed by atoms with E-state index in [4.69, 9.17) is 23.2 Å². The third-order valence-corrected chi connectivity index (χ3v) is 6.89. The number of hydrogen-bond acceptors (Lipinski definition) is 4. The molecule has 1 aliphatic carbocycles. The lowest BCUT2D eigenvalue weighted by atomic mass is 9.90. The maximum atomic E-state index is 12.7. The van der Waals surface area contributed by atoms with Gasteiger partial charge in [-0.1, -0.05) is 23.2 Å². The lowest BCUT2D eigenvalue weighted by Crippen LogP contribution is -2.21.